The fourth-order valence-electron chi connectivity index (χ4n) is 3.12. The Kier molecular flexibility index (Phi) is 3.05. The molecule has 2 aliphatic rings. The van der Waals surface area contributed by atoms with E-state index in [0.29, 0.717) is 0 Å². The lowest BCUT2D eigenvalue weighted by molar-refractivity contribution is -0.890. The maximum atomic E-state index is 6.26. The number of fused-ring (bicyclic) bond motifs is 1. The van der Waals surface area contributed by atoms with E-state index in [1.54, 1.807) is 0 Å². The van der Waals surface area contributed by atoms with Gasteiger partial charge in [0, 0.05) is 6.54 Å². The summed E-state index contributed by atoms with van der Waals surface area (Å²) in [6.45, 7) is 5.62. The Labute approximate surface area is 115 Å². The van der Waals surface area contributed by atoms with Crippen molar-refractivity contribution in [3.8, 4) is 0 Å². The molecular weight excluding hydrogens is 236 g/mol. The molecule has 0 saturated carbocycles. The summed E-state index contributed by atoms with van der Waals surface area (Å²) in [6.07, 6.45) is 2.39. The van der Waals surface area contributed by atoms with Gasteiger partial charge in [-0.05, 0) is 24.5 Å². The average molecular weight is 261 g/mol. The van der Waals surface area contributed by atoms with Gasteiger partial charge in [-0.1, -0.05) is 6.07 Å². The molecule has 104 valence electrons. The minimum Gasteiger partial charge on any atom is -0.397 e. The van der Waals surface area contributed by atoms with Crippen molar-refractivity contribution >= 4 is 17.1 Å². The van der Waals surface area contributed by atoms with Crippen molar-refractivity contribution in [1.82, 2.24) is 0 Å². The first-order valence-corrected chi connectivity index (χ1v) is 7.29. The Morgan fingerprint density at radius 3 is 2.68 bits per heavy atom. The van der Waals surface area contributed by atoms with Crippen molar-refractivity contribution < 1.29 is 4.48 Å². The van der Waals surface area contributed by atoms with Crippen molar-refractivity contribution in [2.24, 2.45) is 0 Å². The van der Waals surface area contributed by atoms with E-state index in [0.717, 1.165) is 29.8 Å². The third-order valence-corrected chi connectivity index (χ3v) is 4.49. The second-order valence-corrected chi connectivity index (χ2v) is 6.44. The van der Waals surface area contributed by atoms with Gasteiger partial charge in [0.1, 0.15) is 0 Å². The summed E-state index contributed by atoms with van der Waals surface area (Å²) in [5.74, 6) is 0. The van der Waals surface area contributed by atoms with Crippen LogP contribution in [0.1, 0.15) is 12.0 Å². The summed E-state index contributed by atoms with van der Waals surface area (Å²) in [5.41, 5.74) is 11.1. The van der Waals surface area contributed by atoms with Gasteiger partial charge in [-0.25, -0.2) is 0 Å². The third kappa shape index (κ3) is 2.37. The first kappa shape index (κ1) is 12.6. The van der Waals surface area contributed by atoms with Crippen molar-refractivity contribution in [3.05, 3.63) is 17.7 Å². The van der Waals surface area contributed by atoms with Crippen LogP contribution in [0.4, 0.5) is 17.1 Å². The van der Waals surface area contributed by atoms with E-state index in [9.17, 15) is 0 Å². The molecule has 4 nitrogen and oxygen atoms in total. The number of rotatable bonds is 1. The number of piperazine rings is 1. The molecule has 3 N–H and O–H groups in total. The molecule has 1 aromatic carbocycles. The summed E-state index contributed by atoms with van der Waals surface area (Å²) < 4.78 is 1.11. The van der Waals surface area contributed by atoms with Gasteiger partial charge in [0.05, 0.1) is 57.3 Å². The van der Waals surface area contributed by atoms with Crippen LogP contribution in [0.3, 0.4) is 0 Å². The van der Waals surface area contributed by atoms with Crippen molar-refractivity contribution in [2.45, 2.75) is 12.8 Å². The van der Waals surface area contributed by atoms with E-state index in [2.05, 4.69) is 36.4 Å². The number of nitrogens with two attached hydrogens (primary N) is 1. The van der Waals surface area contributed by atoms with E-state index in [4.69, 9.17) is 5.73 Å². The molecule has 1 saturated heterocycles. The van der Waals surface area contributed by atoms with Crippen LogP contribution in [0.2, 0.25) is 0 Å². The van der Waals surface area contributed by atoms with Gasteiger partial charge in [-0.2, -0.15) is 0 Å². The Morgan fingerprint density at radius 1 is 1.21 bits per heavy atom. The molecule has 2 heterocycles. The molecule has 3 rings (SSSR count). The van der Waals surface area contributed by atoms with Gasteiger partial charge in [0.25, 0.3) is 0 Å². The van der Waals surface area contributed by atoms with Crippen LogP contribution in [0.25, 0.3) is 0 Å². The van der Waals surface area contributed by atoms with Crippen molar-refractivity contribution in [3.63, 3.8) is 0 Å². The number of nitrogens with zero attached hydrogens (tertiary/aromatic N) is 2. The van der Waals surface area contributed by atoms with Gasteiger partial charge in [0.15, 0.2) is 0 Å². The zero-order valence-electron chi connectivity index (χ0n) is 12.1. The number of quaternary nitrogens is 1. The van der Waals surface area contributed by atoms with Gasteiger partial charge >= 0.3 is 0 Å². The summed E-state index contributed by atoms with van der Waals surface area (Å²) in [6, 6.07) is 4.26. The van der Waals surface area contributed by atoms with Crippen LogP contribution in [0, 0.1) is 0 Å². The standard InChI is InChI=1S/C15H25N4/c1-19(2)10-8-18(9-11-19)15-13(16)6-5-12-4-3-7-17-14(12)15/h5-6,17H,3-4,7-11,16H2,1-2H3/q+1. The fraction of sp³-hybridized carbons (Fsp3) is 0.600. The van der Waals surface area contributed by atoms with Crippen LogP contribution in [0.15, 0.2) is 12.1 Å². The number of nitrogens with one attached hydrogen (secondary N) is 1. The first-order chi connectivity index (χ1) is 9.07. The Balaban J connectivity index is 1.92. The second kappa shape index (κ2) is 4.60. The van der Waals surface area contributed by atoms with Crippen LogP contribution >= 0.6 is 0 Å². The van der Waals surface area contributed by atoms with E-state index in [1.807, 2.05) is 0 Å². The number of hydrogen-bond donors (Lipinski definition) is 2. The topological polar surface area (TPSA) is 41.3 Å². The van der Waals surface area contributed by atoms with Gasteiger partial charge in [-0.3, -0.25) is 0 Å². The molecule has 0 aliphatic carbocycles. The fourth-order valence-corrected chi connectivity index (χ4v) is 3.12. The molecule has 1 aromatic rings. The lowest BCUT2D eigenvalue weighted by atomic mass is 10.00. The van der Waals surface area contributed by atoms with E-state index in [1.165, 1.54) is 42.9 Å². The van der Waals surface area contributed by atoms with E-state index in [-0.39, 0.29) is 0 Å². The highest BCUT2D eigenvalue weighted by atomic mass is 15.4. The number of hydrogen-bond acceptors (Lipinski definition) is 3. The monoisotopic (exact) mass is 261 g/mol. The molecule has 0 radical (unpaired) electrons. The highest BCUT2D eigenvalue weighted by Crippen LogP contribution is 2.38. The number of likely N-dealkylation sites (N-methyl/N-ethyl adjacent to an activating group) is 1. The number of nitrogen functional groups attached to an aromatic ring is 1. The van der Waals surface area contributed by atoms with E-state index >= 15 is 0 Å². The van der Waals surface area contributed by atoms with Crippen LogP contribution < -0.4 is 16.0 Å². The zero-order valence-corrected chi connectivity index (χ0v) is 12.1. The lowest BCUT2D eigenvalue weighted by Gasteiger charge is -2.41. The predicted octanol–water partition coefficient (Wildman–Crippen LogP) is 1.52. The minimum absolute atomic E-state index is 0.917. The van der Waals surface area contributed by atoms with Gasteiger partial charge in [0.2, 0.25) is 0 Å². The Morgan fingerprint density at radius 2 is 1.95 bits per heavy atom. The first-order valence-electron chi connectivity index (χ1n) is 7.29. The third-order valence-electron chi connectivity index (χ3n) is 4.49. The molecule has 0 spiro atoms. The molecule has 0 bridgehead atoms. The predicted molar refractivity (Wildman–Crippen MR) is 81.7 cm³/mol. The smallest absolute Gasteiger partial charge is 0.0961 e. The Hall–Kier alpha value is -1.42. The number of aryl methyl sites for hydroxylation is 1. The zero-order chi connectivity index (χ0) is 13.5. The lowest BCUT2D eigenvalue weighted by Crippen LogP contribution is -2.55. The van der Waals surface area contributed by atoms with Crippen LogP contribution in [-0.2, 0) is 6.42 Å². The van der Waals surface area contributed by atoms with Gasteiger partial charge in [-0.15, -0.1) is 0 Å². The van der Waals surface area contributed by atoms with Crippen LogP contribution in [-0.4, -0.2) is 51.3 Å². The van der Waals surface area contributed by atoms with Crippen molar-refractivity contribution in [1.29, 1.82) is 0 Å². The van der Waals surface area contributed by atoms with Crippen LogP contribution in [0.5, 0.6) is 0 Å². The van der Waals surface area contributed by atoms with E-state index < -0.39 is 0 Å². The largest absolute Gasteiger partial charge is 0.397 e. The summed E-state index contributed by atoms with van der Waals surface area (Å²) >= 11 is 0. The van der Waals surface area contributed by atoms with Gasteiger partial charge < -0.3 is 20.4 Å². The molecule has 1 fully saturated rings. The highest BCUT2D eigenvalue weighted by Gasteiger charge is 2.28. The molecule has 0 aromatic heterocycles. The molecule has 0 amide bonds. The number of anilines is 3. The normalized spacial score (nSPS) is 21.7. The maximum Gasteiger partial charge on any atom is 0.0961 e. The number of benzene rings is 1. The SMILES string of the molecule is C[N+]1(C)CCN(c2c(N)ccc3c2NCCC3)CC1. The summed E-state index contributed by atoms with van der Waals surface area (Å²) in [7, 11) is 4.61. The average Bonchev–Trinajstić information content (AvgIpc) is 2.40. The quantitative estimate of drug-likeness (QED) is 0.595. The molecule has 19 heavy (non-hydrogen) atoms. The summed E-state index contributed by atoms with van der Waals surface area (Å²) in [5, 5.41) is 3.56. The van der Waals surface area contributed by atoms with Crippen molar-refractivity contribution in [2.75, 3.05) is 62.8 Å². The summed E-state index contributed by atoms with van der Waals surface area (Å²) in [4.78, 5) is 2.47. The molecule has 2 aliphatic heterocycles. The Bertz CT molecular complexity index is 471. The highest BCUT2D eigenvalue weighted by molar-refractivity contribution is 5.85. The molecule has 0 atom stereocenters. The molecule has 0 unspecified atom stereocenters. The maximum absolute atomic E-state index is 6.26. The minimum atomic E-state index is 0.917. The molecular formula is C15H25N4+. The molecule has 4 heteroatoms. The second-order valence-electron chi connectivity index (χ2n) is 6.44.